The minimum absolute atomic E-state index is 0.0408. The quantitative estimate of drug-likeness (QED) is 0.140. The van der Waals surface area contributed by atoms with E-state index in [1.807, 2.05) is 12.1 Å². The minimum atomic E-state index is -2.52. The highest BCUT2D eigenvalue weighted by Gasteiger charge is 2.83. The number of aliphatic hydroxyl groups is 7. The lowest BCUT2D eigenvalue weighted by molar-refractivity contribution is -0.548. The number of hydrogen-bond donors (Lipinski definition) is 10. The number of benzene rings is 1. The van der Waals surface area contributed by atoms with Gasteiger partial charge in [0.25, 0.3) is 0 Å². The number of ketones is 1. The molecule has 0 amide bonds. The Morgan fingerprint density at radius 3 is 2.61 bits per heavy atom. The number of nitrogens with two attached hydrogens (primary N) is 1. The first-order valence-corrected chi connectivity index (χ1v) is 15.4. The highest BCUT2D eigenvalue weighted by atomic mass is 16.9. The predicted molar refractivity (Wildman–Crippen MR) is 153 cm³/mol. The third-order valence-electron chi connectivity index (χ3n) is 12.0. The van der Waals surface area contributed by atoms with E-state index in [0.29, 0.717) is 31.4 Å². The van der Waals surface area contributed by atoms with E-state index in [-0.39, 0.29) is 23.5 Å². The van der Waals surface area contributed by atoms with Crippen LogP contribution in [0.3, 0.4) is 0 Å². The summed E-state index contributed by atoms with van der Waals surface area (Å²) in [6.45, 7) is 4.50. The SMILES string of the molecule is C=CCN1CC[C@]23c4c5ccc(O)c4O[C@H]2C(=O)CC[C@@]3(O)[C@H]1C5.NC1=N[C@H](O)[C@H]2[C@H]3O[C@]4(O)O[C@@H]([C@H](O)[C@@]2(N1)[C@@H]4O)[C@]3(O)CO. The fourth-order valence-electron chi connectivity index (χ4n) is 10.0. The number of carbonyl (C=O) groups excluding carboxylic acids is 1. The zero-order valence-corrected chi connectivity index (χ0v) is 24.7. The molecular formula is C30H38N4O12. The van der Waals surface area contributed by atoms with Gasteiger partial charge in [-0.15, -0.1) is 6.58 Å². The molecule has 0 aromatic heterocycles. The average Bonchev–Trinajstić information content (AvgIpc) is 3.37. The van der Waals surface area contributed by atoms with E-state index < -0.39 is 77.4 Å². The van der Waals surface area contributed by atoms with Gasteiger partial charge in [-0.25, -0.2) is 4.99 Å². The van der Waals surface area contributed by atoms with Crippen LogP contribution in [0.5, 0.6) is 11.5 Å². The van der Waals surface area contributed by atoms with Crippen LogP contribution in [0.15, 0.2) is 29.8 Å². The van der Waals surface area contributed by atoms with Crippen molar-refractivity contribution in [3.05, 3.63) is 35.9 Å². The summed E-state index contributed by atoms with van der Waals surface area (Å²) in [5.74, 6) is -3.42. The van der Waals surface area contributed by atoms with Gasteiger partial charge in [-0.05, 0) is 30.9 Å². The standard InChI is InChI=1S/C19H21NO4.C11H17N3O8/c1-2-8-20-9-7-18-15-11-3-4-12(21)16(15)24-17(18)13(22)5-6-19(18,23)14(20)10-11;12-8-13-6(17)2-4-9(19,1-15)5-3(16)10(2,14-8)7(18)11(20,21-4)22-5/h2-4,14,17,21,23H,1,5-10H2;2-7,15-20H,1H2,(H3,12,13,14)/t14-,17+,18+,19-;2-,3+,4-,5+,6-,7+,9+,10-,11+/m11/s1. The van der Waals surface area contributed by atoms with Gasteiger partial charge >= 0.3 is 5.97 Å². The third kappa shape index (κ3) is 3.27. The molecule has 1 aromatic carbocycles. The number of phenols is 1. The number of carbonyl (C=O) groups is 1. The molecule has 11 N–H and O–H groups in total. The van der Waals surface area contributed by atoms with E-state index in [9.17, 15) is 45.6 Å². The zero-order valence-electron chi connectivity index (χ0n) is 24.7. The van der Waals surface area contributed by atoms with Crippen LogP contribution in [-0.2, 0) is 26.1 Å². The first kappa shape index (κ1) is 30.4. The van der Waals surface area contributed by atoms with E-state index >= 15 is 0 Å². The van der Waals surface area contributed by atoms with Crippen molar-refractivity contribution in [2.75, 3.05) is 19.7 Å². The van der Waals surface area contributed by atoms with Crippen LogP contribution >= 0.6 is 0 Å². The summed E-state index contributed by atoms with van der Waals surface area (Å²) in [5.41, 5.74) is 1.99. The molecule has 16 heteroatoms. The predicted octanol–water partition coefficient (Wildman–Crippen LogP) is -4.22. The van der Waals surface area contributed by atoms with Crippen LogP contribution in [0.2, 0.25) is 0 Å². The van der Waals surface area contributed by atoms with Crippen molar-refractivity contribution < 1.29 is 59.9 Å². The Balaban J connectivity index is 0.000000136. The molecule has 0 radical (unpaired) electrons. The van der Waals surface area contributed by atoms with Crippen LogP contribution in [-0.4, -0.2) is 143 Å². The molecule has 0 unspecified atom stereocenters. The van der Waals surface area contributed by atoms with E-state index in [1.54, 1.807) is 6.07 Å². The summed E-state index contributed by atoms with van der Waals surface area (Å²) < 4.78 is 16.3. The molecule has 1 aromatic rings. The van der Waals surface area contributed by atoms with Gasteiger partial charge in [0, 0.05) is 31.1 Å². The van der Waals surface area contributed by atoms with Gasteiger partial charge in [0.05, 0.1) is 23.5 Å². The number of nitrogens with one attached hydrogen (secondary N) is 1. The fourth-order valence-corrected chi connectivity index (χ4v) is 10.0. The molecule has 2 spiro atoms. The molecule has 46 heavy (non-hydrogen) atoms. The lowest BCUT2D eigenvalue weighted by atomic mass is 9.49. The molecule has 3 aliphatic carbocycles. The van der Waals surface area contributed by atoms with Crippen molar-refractivity contribution >= 4 is 11.7 Å². The number of aliphatic imine (C=N–C) groups is 1. The number of aliphatic hydroxyl groups excluding tert-OH is 4. The molecular weight excluding hydrogens is 608 g/mol. The topological polar surface area (TPSA) is 260 Å². The summed E-state index contributed by atoms with van der Waals surface area (Å²) in [6.07, 6.45) is -4.43. The molecule has 6 fully saturated rings. The Labute approximate surface area is 262 Å². The van der Waals surface area contributed by atoms with Crippen LogP contribution in [0.25, 0.3) is 0 Å². The van der Waals surface area contributed by atoms with E-state index in [4.69, 9.17) is 19.9 Å². The van der Waals surface area contributed by atoms with Crippen molar-refractivity contribution in [2.24, 2.45) is 16.6 Å². The summed E-state index contributed by atoms with van der Waals surface area (Å²) in [5, 5.41) is 86.4. The molecule has 16 nitrogen and oxygen atoms in total. The number of hydrogen-bond acceptors (Lipinski definition) is 16. The minimum Gasteiger partial charge on any atom is -0.504 e. The second kappa shape index (κ2) is 9.37. The van der Waals surface area contributed by atoms with Gasteiger partial charge in [0.1, 0.15) is 29.5 Å². The molecule has 10 rings (SSSR count). The second-order valence-electron chi connectivity index (χ2n) is 13.8. The molecule has 13 atom stereocenters. The summed E-state index contributed by atoms with van der Waals surface area (Å²) in [4.78, 5) is 18.6. The van der Waals surface area contributed by atoms with Gasteiger partial charge in [0.15, 0.2) is 41.7 Å². The average molecular weight is 647 g/mol. The number of guanidine groups is 1. The highest BCUT2D eigenvalue weighted by molar-refractivity contribution is 5.90. The van der Waals surface area contributed by atoms with E-state index in [1.165, 1.54) is 0 Å². The van der Waals surface area contributed by atoms with Gasteiger partial charge in [-0.1, -0.05) is 12.1 Å². The smallest absolute Gasteiger partial charge is 0.311 e. The number of aromatic hydroxyl groups is 1. The van der Waals surface area contributed by atoms with Crippen LogP contribution in [0, 0.1) is 5.92 Å². The number of phenolic OH excluding ortho intramolecular Hbond substituents is 1. The Morgan fingerprint density at radius 2 is 1.89 bits per heavy atom. The maximum atomic E-state index is 12.6. The normalized spacial score (nSPS) is 50.3. The fraction of sp³-hybridized carbons (Fsp3) is 0.667. The second-order valence-corrected chi connectivity index (χ2v) is 13.8. The Morgan fingerprint density at radius 1 is 1.15 bits per heavy atom. The molecule has 9 aliphatic rings. The van der Waals surface area contributed by atoms with Crippen LogP contribution in [0.4, 0.5) is 0 Å². The molecule has 250 valence electrons. The number of piperidine rings is 1. The van der Waals surface area contributed by atoms with Crippen molar-refractivity contribution in [2.45, 2.75) is 96.6 Å². The van der Waals surface area contributed by atoms with Crippen molar-refractivity contribution in [1.29, 1.82) is 0 Å². The number of ether oxygens (including phenoxy) is 3. The lowest BCUT2D eigenvalue weighted by Crippen LogP contribution is -2.95. The summed E-state index contributed by atoms with van der Waals surface area (Å²) in [7, 11) is 0. The lowest BCUT2D eigenvalue weighted by Gasteiger charge is -2.71. The summed E-state index contributed by atoms with van der Waals surface area (Å²) in [6, 6.07) is 3.52. The first-order chi connectivity index (χ1) is 21.7. The number of Topliss-reactive ketones (excluding diaryl/α,β-unsaturated/α-hetero) is 1. The maximum Gasteiger partial charge on any atom is 0.311 e. The zero-order chi connectivity index (χ0) is 32.8. The number of rotatable bonds is 3. The van der Waals surface area contributed by atoms with E-state index in [0.717, 1.165) is 24.2 Å². The van der Waals surface area contributed by atoms with Crippen molar-refractivity contribution in [3.63, 3.8) is 0 Å². The highest BCUT2D eigenvalue weighted by Crippen LogP contribution is 2.65. The Bertz CT molecular complexity index is 1560. The maximum absolute atomic E-state index is 12.6. The Kier molecular flexibility index (Phi) is 6.20. The van der Waals surface area contributed by atoms with Crippen LogP contribution < -0.4 is 15.8 Å². The van der Waals surface area contributed by atoms with E-state index in [2.05, 4.69) is 21.8 Å². The van der Waals surface area contributed by atoms with Gasteiger partial charge in [-0.2, -0.15) is 0 Å². The van der Waals surface area contributed by atoms with Crippen molar-refractivity contribution in [1.82, 2.24) is 10.2 Å². The number of nitrogens with zero attached hydrogens (tertiary/aromatic N) is 2. The molecule has 2 saturated carbocycles. The van der Waals surface area contributed by atoms with Gasteiger partial charge in [-0.3, -0.25) is 9.69 Å². The Hall–Kier alpha value is -2.90. The largest absolute Gasteiger partial charge is 0.504 e. The molecule has 6 heterocycles. The summed E-state index contributed by atoms with van der Waals surface area (Å²) >= 11 is 0. The van der Waals surface area contributed by atoms with Gasteiger partial charge in [0.2, 0.25) is 0 Å². The molecule has 6 bridgehead atoms. The number of likely N-dealkylation sites (tertiary alicyclic amines) is 1. The molecule has 4 saturated heterocycles. The first-order valence-electron chi connectivity index (χ1n) is 15.4. The monoisotopic (exact) mass is 646 g/mol. The van der Waals surface area contributed by atoms with Gasteiger partial charge < -0.3 is 66.1 Å². The third-order valence-corrected chi connectivity index (χ3v) is 12.0. The van der Waals surface area contributed by atoms with Crippen LogP contribution in [0.1, 0.15) is 30.4 Å². The van der Waals surface area contributed by atoms with Crippen molar-refractivity contribution in [3.8, 4) is 11.5 Å². The molecule has 6 aliphatic heterocycles.